The monoisotopic (exact) mass is 235 g/mol. The zero-order chi connectivity index (χ0) is 12.1. The molecule has 0 bridgehead atoms. The SMILES string of the molecule is CCCC1CCC(CN)(Cc2ccoc2)CC1. The normalized spacial score (nSPS) is 29.4. The lowest BCUT2D eigenvalue weighted by Gasteiger charge is -2.39. The maximum absolute atomic E-state index is 6.04. The van der Waals surface area contributed by atoms with E-state index in [0.29, 0.717) is 5.41 Å². The third-order valence-corrected chi connectivity index (χ3v) is 4.45. The Kier molecular flexibility index (Phi) is 4.27. The first-order chi connectivity index (χ1) is 8.28. The molecule has 0 aliphatic heterocycles. The Morgan fingerprint density at radius 1 is 1.41 bits per heavy atom. The number of nitrogens with two attached hydrogens (primary N) is 1. The fourth-order valence-corrected chi connectivity index (χ4v) is 3.27. The molecule has 0 amide bonds. The van der Waals surface area contributed by atoms with Gasteiger partial charge in [-0.25, -0.2) is 0 Å². The third-order valence-electron chi connectivity index (χ3n) is 4.45. The van der Waals surface area contributed by atoms with Crippen LogP contribution in [0.4, 0.5) is 0 Å². The predicted octanol–water partition coefficient (Wildman–Crippen LogP) is 3.76. The summed E-state index contributed by atoms with van der Waals surface area (Å²) in [6.45, 7) is 3.10. The number of hydrogen-bond acceptors (Lipinski definition) is 2. The molecule has 17 heavy (non-hydrogen) atoms. The summed E-state index contributed by atoms with van der Waals surface area (Å²) in [5.41, 5.74) is 7.69. The summed E-state index contributed by atoms with van der Waals surface area (Å²) in [6, 6.07) is 2.08. The van der Waals surface area contributed by atoms with Gasteiger partial charge in [0.25, 0.3) is 0 Å². The predicted molar refractivity (Wildman–Crippen MR) is 70.8 cm³/mol. The van der Waals surface area contributed by atoms with Gasteiger partial charge in [0.1, 0.15) is 0 Å². The zero-order valence-electron chi connectivity index (χ0n) is 11.0. The van der Waals surface area contributed by atoms with E-state index in [1.54, 1.807) is 6.26 Å². The summed E-state index contributed by atoms with van der Waals surface area (Å²) < 4.78 is 5.16. The summed E-state index contributed by atoms with van der Waals surface area (Å²) in [5.74, 6) is 0.948. The molecule has 2 N–H and O–H groups in total. The van der Waals surface area contributed by atoms with Gasteiger partial charge in [-0.3, -0.25) is 0 Å². The van der Waals surface area contributed by atoms with E-state index in [1.165, 1.54) is 44.1 Å². The van der Waals surface area contributed by atoms with Crippen LogP contribution in [0.1, 0.15) is 51.0 Å². The quantitative estimate of drug-likeness (QED) is 0.844. The van der Waals surface area contributed by atoms with Crippen molar-refractivity contribution in [1.29, 1.82) is 0 Å². The van der Waals surface area contributed by atoms with Gasteiger partial charge >= 0.3 is 0 Å². The molecule has 1 aromatic rings. The van der Waals surface area contributed by atoms with E-state index < -0.39 is 0 Å². The number of furan rings is 1. The van der Waals surface area contributed by atoms with Crippen LogP contribution in [0, 0.1) is 11.3 Å². The van der Waals surface area contributed by atoms with Gasteiger partial charge in [0.05, 0.1) is 12.5 Å². The highest BCUT2D eigenvalue weighted by Crippen LogP contribution is 2.42. The fraction of sp³-hybridized carbons (Fsp3) is 0.733. The summed E-state index contributed by atoms with van der Waals surface area (Å²) in [4.78, 5) is 0. The Balaban J connectivity index is 1.93. The highest BCUT2D eigenvalue weighted by molar-refractivity contribution is 5.09. The Hall–Kier alpha value is -0.760. The van der Waals surface area contributed by atoms with Crippen LogP contribution in [-0.4, -0.2) is 6.54 Å². The highest BCUT2D eigenvalue weighted by Gasteiger charge is 2.34. The van der Waals surface area contributed by atoms with E-state index in [2.05, 4.69) is 13.0 Å². The van der Waals surface area contributed by atoms with Crippen molar-refractivity contribution in [2.45, 2.75) is 51.9 Å². The van der Waals surface area contributed by atoms with E-state index in [0.717, 1.165) is 18.9 Å². The maximum Gasteiger partial charge on any atom is 0.0934 e. The molecule has 0 atom stereocenters. The zero-order valence-corrected chi connectivity index (χ0v) is 11.0. The first kappa shape index (κ1) is 12.7. The van der Waals surface area contributed by atoms with Crippen molar-refractivity contribution in [3.63, 3.8) is 0 Å². The van der Waals surface area contributed by atoms with E-state index in [-0.39, 0.29) is 0 Å². The summed E-state index contributed by atoms with van der Waals surface area (Å²) >= 11 is 0. The van der Waals surface area contributed by atoms with E-state index in [9.17, 15) is 0 Å². The van der Waals surface area contributed by atoms with Crippen molar-refractivity contribution in [2.75, 3.05) is 6.54 Å². The number of hydrogen-bond donors (Lipinski definition) is 1. The van der Waals surface area contributed by atoms with Gasteiger partial charge in [-0.15, -0.1) is 0 Å². The second-order valence-electron chi connectivity index (χ2n) is 5.74. The summed E-state index contributed by atoms with van der Waals surface area (Å²) in [5, 5.41) is 0. The lowest BCUT2D eigenvalue weighted by molar-refractivity contribution is 0.150. The molecule has 0 aromatic carbocycles. The molecule has 2 nitrogen and oxygen atoms in total. The fourth-order valence-electron chi connectivity index (χ4n) is 3.27. The minimum atomic E-state index is 0.341. The van der Waals surface area contributed by atoms with E-state index in [1.807, 2.05) is 6.26 Å². The maximum atomic E-state index is 6.04. The van der Waals surface area contributed by atoms with Crippen molar-refractivity contribution >= 4 is 0 Å². The van der Waals surface area contributed by atoms with Gasteiger partial charge in [0, 0.05) is 0 Å². The second-order valence-corrected chi connectivity index (χ2v) is 5.74. The topological polar surface area (TPSA) is 39.2 Å². The van der Waals surface area contributed by atoms with Crippen LogP contribution in [0.5, 0.6) is 0 Å². The molecular formula is C15H25NO. The molecule has 1 aromatic heterocycles. The van der Waals surface area contributed by atoms with Crippen molar-refractivity contribution in [3.05, 3.63) is 24.2 Å². The minimum absolute atomic E-state index is 0.341. The Labute approximate surface area is 105 Å². The van der Waals surface area contributed by atoms with E-state index in [4.69, 9.17) is 10.2 Å². The van der Waals surface area contributed by atoms with Crippen LogP contribution in [-0.2, 0) is 6.42 Å². The first-order valence-electron chi connectivity index (χ1n) is 6.99. The van der Waals surface area contributed by atoms with Gasteiger partial charge in [-0.05, 0) is 61.6 Å². The molecule has 1 heterocycles. The highest BCUT2D eigenvalue weighted by atomic mass is 16.3. The van der Waals surface area contributed by atoms with Crippen LogP contribution < -0.4 is 5.73 Å². The van der Waals surface area contributed by atoms with Crippen LogP contribution in [0.2, 0.25) is 0 Å². The third kappa shape index (κ3) is 3.12. The largest absolute Gasteiger partial charge is 0.472 e. The lowest BCUT2D eigenvalue weighted by atomic mass is 9.67. The molecule has 0 saturated heterocycles. The van der Waals surface area contributed by atoms with Crippen LogP contribution >= 0.6 is 0 Å². The molecule has 1 aliphatic rings. The summed E-state index contributed by atoms with van der Waals surface area (Å²) in [7, 11) is 0. The lowest BCUT2D eigenvalue weighted by Crippen LogP contribution is -2.36. The molecule has 1 aliphatic carbocycles. The average Bonchev–Trinajstić information content (AvgIpc) is 2.85. The molecular weight excluding hydrogens is 210 g/mol. The van der Waals surface area contributed by atoms with Crippen LogP contribution in [0.15, 0.2) is 23.0 Å². The van der Waals surface area contributed by atoms with Crippen LogP contribution in [0.25, 0.3) is 0 Å². The Morgan fingerprint density at radius 2 is 2.18 bits per heavy atom. The molecule has 96 valence electrons. The minimum Gasteiger partial charge on any atom is -0.472 e. The molecule has 0 unspecified atom stereocenters. The smallest absolute Gasteiger partial charge is 0.0934 e. The number of rotatable bonds is 5. The van der Waals surface area contributed by atoms with Crippen molar-refractivity contribution in [3.8, 4) is 0 Å². The molecule has 2 rings (SSSR count). The van der Waals surface area contributed by atoms with Crippen molar-refractivity contribution in [2.24, 2.45) is 17.1 Å². The molecule has 0 radical (unpaired) electrons. The van der Waals surface area contributed by atoms with Gasteiger partial charge in [0.15, 0.2) is 0 Å². The van der Waals surface area contributed by atoms with Gasteiger partial charge in [-0.2, -0.15) is 0 Å². The van der Waals surface area contributed by atoms with Gasteiger partial charge in [0.2, 0.25) is 0 Å². The molecule has 0 spiro atoms. The van der Waals surface area contributed by atoms with E-state index >= 15 is 0 Å². The second kappa shape index (κ2) is 5.72. The Bertz CT molecular complexity index is 310. The van der Waals surface area contributed by atoms with Crippen molar-refractivity contribution < 1.29 is 4.42 Å². The van der Waals surface area contributed by atoms with Crippen molar-refractivity contribution in [1.82, 2.24) is 0 Å². The van der Waals surface area contributed by atoms with Crippen LogP contribution in [0.3, 0.4) is 0 Å². The van der Waals surface area contributed by atoms with Gasteiger partial charge in [-0.1, -0.05) is 19.8 Å². The first-order valence-corrected chi connectivity index (χ1v) is 6.99. The standard InChI is InChI=1S/C15H25NO/c1-2-3-13-4-7-15(12-16,8-5-13)10-14-6-9-17-11-14/h6,9,11,13H,2-5,7-8,10,12,16H2,1H3. The molecule has 1 saturated carbocycles. The van der Waals surface area contributed by atoms with Gasteiger partial charge < -0.3 is 10.2 Å². The Morgan fingerprint density at radius 3 is 2.71 bits per heavy atom. The summed E-state index contributed by atoms with van der Waals surface area (Å²) in [6.07, 6.45) is 12.8. The molecule has 2 heteroatoms. The molecule has 1 fully saturated rings. The average molecular weight is 235 g/mol.